The molecule has 2 N–H and O–H groups in total. The number of carbonyl (C=O) groups is 2. The molecule has 0 aromatic heterocycles. The first-order chi connectivity index (χ1) is 21.7. The summed E-state index contributed by atoms with van der Waals surface area (Å²) in [7, 11) is -4.29. The first kappa shape index (κ1) is 31.3. The zero-order valence-corrected chi connectivity index (χ0v) is 25.1. The fourth-order valence-electron chi connectivity index (χ4n) is 4.14. The summed E-state index contributed by atoms with van der Waals surface area (Å²) in [5.41, 5.74) is 3.52. The molecule has 0 saturated heterocycles. The van der Waals surface area contributed by atoms with Crippen molar-refractivity contribution in [2.75, 3.05) is 36.0 Å². The number of amides is 2. The van der Waals surface area contributed by atoms with Crippen molar-refractivity contribution in [3.8, 4) is 17.2 Å². The summed E-state index contributed by atoms with van der Waals surface area (Å²) in [5, 5.41) is 7.09. The van der Waals surface area contributed by atoms with Gasteiger partial charge < -0.3 is 19.5 Å². The number of benzene rings is 4. The number of sulfonamides is 1. The molecule has 1 aliphatic rings. The lowest BCUT2D eigenvalue weighted by atomic mass is 10.2. The Morgan fingerprint density at radius 1 is 0.933 bits per heavy atom. The Labute approximate surface area is 263 Å². The molecule has 11 nitrogen and oxygen atoms in total. The molecule has 0 atom stereocenters. The van der Waals surface area contributed by atoms with E-state index in [1.807, 2.05) is 0 Å². The average molecular weight is 653 g/mol. The van der Waals surface area contributed by atoms with E-state index < -0.39 is 28.3 Å². The van der Waals surface area contributed by atoms with Crippen LogP contribution in [0.15, 0.2) is 101 Å². The molecule has 4 aromatic rings. The van der Waals surface area contributed by atoms with Crippen LogP contribution in [0.1, 0.15) is 5.56 Å². The number of ether oxygens (including phenoxy) is 3. The molecular weight excluding hydrogens is 627 g/mol. The van der Waals surface area contributed by atoms with Gasteiger partial charge in [-0.1, -0.05) is 17.7 Å². The van der Waals surface area contributed by atoms with Gasteiger partial charge in [0.25, 0.3) is 21.8 Å². The Balaban J connectivity index is 1.20. The minimum atomic E-state index is -4.29. The van der Waals surface area contributed by atoms with Crippen LogP contribution in [0, 0.1) is 5.82 Å². The molecule has 0 saturated carbocycles. The van der Waals surface area contributed by atoms with E-state index >= 15 is 0 Å². The number of hydrogen-bond donors (Lipinski definition) is 2. The van der Waals surface area contributed by atoms with Gasteiger partial charge in [-0.3, -0.25) is 13.9 Å². The molecule has 0 bridgehead atoms. The van der Waals surface area contributed by atoms with Crippen LogP contribution in [0.3, 0.4) is 0 Å². The van der Waals surface area contributed by atoms with E-state index in [2.05, 4.69) is 15.8 Å². The molecule has 0 fully saturated rings. The van der Waals surface area contributed by atoms with E-state index in [1.165, 1.54) is 36.5 Å². The van der Waals surface area contributed by atoms with Crippen molar-refractivity contribution in [1.82, 2.24) is 5.43 Å². The molecule has 0 spiro atoms. The van der Waals surface area contributed by atoms with Gasteiger partial charge in [0.15, 0.2) is 18.1 Å². The third-order valence-corrected chi connectivity index (χ3v) is 8.27. The van der Waals surface area contributed by atoms with Crippen molar-refractivity contribution in [2.45, 2.75) is 4.90 Å². The van der Waals surface area contributed by atoms with E-state index in [0.717, 1.165) is 16.4 Å². The molecule has 0 unspecified atom stereocenters. The zero-order valence-electron chi connectivity index (χ0n) is 23.5. The Hall–Kier alpha value is -5.14. The van der Waals surface area contributed by atoms with Gasteiger partial charge in [-0.05, 0) is 84.4 Å². The highest BCUT2D eigenvalue weighted by Crippen LogP contribution is 2.34. The lowest BCUT2D eigenvalue weighted by Gasteiger charge is -2.25. The third-order valence-electron chi connectivity index (χ3n) is 6.26. The molecule has 5 rings (SSSR count). The van der Waals surface area contributed by atoms with Crippen LogP contribution in [-0.2, 0) is 19.6 Å². The van der Waals surface area contributed by atoms with E-state index in [-0.39, 0.29) is 35.5 Å². The van der Waals surface area contributed by atoms with Crippen LogP contribution < -0.4 is 29.3 Å². The predicted octanol–water partition coefficient (Wildman–Crippen LogP) is 4.61. The second kappa shape index (κ2) is 14.1. The molecular formula is C31H26ClFN4O7S. The Kier molecular flexibility index (Phi) is 9.80. The molecule has 232 valence electrons. The average Bonchev–Trinajstić information content (AvgIpc) is 3.03. The maximum Gasteiger partial charge on any atom is 0.264 e. The zero-order chi connectivity index (χ0) is 31.8. The maximum absolute atomic E-state index is 13.6. The number of hydrogen-bond acceptors (Lipinski definition) is 8. The lowest BCUT2D eigenvalue weighted by molar-refractivity contribution is -0.119. The minimum absolute atomic E-state index is 0.0715. The van der Waals surface area contributed by atoms with Gasteiger partial charge in [0.1, 0.15) is 31.3 Å². The predicted molar refractivity (Wildman–Crippen MR) is 166 cm³/mol. The first-order valence-electron chi connectivity index (χ1n) is 13.5. The largest absolute Gasteiger partial charge is 0.486 e. The number of carbonyl (C=O) groups excluding carboxylic acids is 2. The van der Waals surface area contributed by atoms with Gasteiger partial charge in [-0.15, -0.1) is 0 Å². The van der Waals surface area contributed by atoms with E-state index in [1.54, 1.807) is 48.5 Å². The molecule has 1 heterocycles. The molecule has 14 heteroatoms. The number of anilines is 2. The number of hydrazone groups is 1. The second-order valence-corrected chi connectivity index (χ2v) is 11.8. The Morgan fingerprint density at radius 2 is 1.67 bits per heavy atom. The van der Waals surface area contributed by atoms with Crippen molar-refractivity contribution >= 4 is 51.0 Å². The highest BCUT2D eigenvalue weighted by Gasteiger charge is 2.29. The van der Waals surface area contributed by atoms with E-state index in [0.29, 0.717) is 34.4 Å². The first-order valence-corrected chi connectivity index (χ1v) is 15.3. The number of nitrogens with zero attached hydrogens (tertiary/aromatic N) is 2. The fourth-order valence-corrected chi connectivity index (χ4v) is 5.77. The van der Waals surface area contributed by atoms with Gasteiger partial charge in [0.2, 0.25) is 0 Å². The van der Waals surface area contributed by atoms with Crippen LogP contribution in [0.25, 0.3) is 0 Å². The summed E-state index contributed by atoms with van der Waals surface area (Å²) < 4.78 is 58.2. The number of rotatable bonds is 11. The monoisotopic (exact) mass is 652 g/mol. The normalized spacial score (nSPS) is 12.4. The van der Waals surface area contributed by atoms with Crippen LogP contribution in [-0.4, -0.2) is 52.8 Å². The SMILES string of the molecule is O=C(CN(c1ccc(F)cc1)S(=O)(=O)c1ccc2c(c1)OCCO2)N/N=C\c1ccc(OCC(=O)Nc2cccc(Cl)c2)cc1. The highest BCUT2D eigenvalue weighted by molar-refractivity contribution is 7.92. The number of nitrogens with one attached hydrogen (secondary N) is 2. The van der Waals surface area contributed by atoms with E-state index in [4.69, 9.17) is 25.8 Å². The summed E-state index contributed by atoms with van der Waals surface area (Å²) in [4.78, 5) is 24.8. The van der Waals surface area contributed by atoms with Crippen LogP contribution in [0.5, 0.6) is 17.2 Å². The van der Waals surface area contributed by atoms with Crippen LogP contribution >= 0.6 is 11.6 Å². The van der Waals surface area contributed by atoms with Crippen molar-refractivity contribution < 1.29 is 36.6 Å². The summed E-state index contributed by atoms with van der Waals surface area (Å²) in [6.07, 6.45) is 1.35. The van der Waals surface area contributed by atoms with Crippen molar-refractivity contribution in [2.24, 2.45) is 5.10 Å². The second-order valence-electron chi connectivity index (χ2n) is 9.50. The van der Waals surface area contributed by atoms with E-state index in [9.17, 15) is 22.4 Å². The van der Waals surface area contributed by atoms with Crippen molar-refractivity contribution in [1.29, 1.82) is 0 Å². The molecule has 0 radical (unpaired) electrons. The molecule has 1 aliphatic heterocycles. The summed E-state index contributed by atoms with van der Waals surface area (Å²) in [5.74, 6) is -0.593. The smallest absolute Gasteiger partial charge is 0.264 e. The number of halogens is 2. The van der Waals surface area contributed by atoms with Crippen LogP contribution in [0.4, 0.5) is 15.8 Å². The Morgan fingerprint density at radius 3 is 2.40 bits per heavy atom. The van der Waals surface area contributed by atoms with Gasteiger partial charge in [-0.25, -0.2) is 18.2 Å². The fraction of sp³-hybridized carbons (Fsp3) is 0.129. The van der Waals surface area contributed by atoms with Gasteiger partial charge >= 0.3 is 0 Å². The third kappa shape index (κ3) is 8.28. The molecule has 2 amide bonds. The topological polar surface area (TPSA) is 136 Å². The highest BCUT2D eigenvalue weighted by atomic mass is 35.5. The lowest BCUT2D eigenvalue weighted by Crippen LogP contribution is -2.39. The molecule has 45 heavy (non-hydrogen) atoms. The van der Waals surface area contributed by atoms with Crippen LogP contribution in [0.2, 0.25) is 5.02 Å². The quantitative estimate of drug-likeness (QED) is 0.178. The summed E-state index contributed by atoms with van der Waals surface area (Å²) in [6, 6.07) is 22.1. The van der Waals surface area contributed by atoms with Gasteiger partial charge in [0.05, 0.1) is 16.8 Å². The summed E-state index contributed by atoms with van der Waals surface area (Å²) >= 11 is 5.92. The standard InChI is InChI=1S/C31H26ClFN4O7S/c32-22-2-1-3-24(16-22)35-31(39)20-44-26-10-4-21(5-11-26)18-34-36-30(38)19-37(25-8-6-23(33)7-9-25)45(40,41)27-12-13-28-29(17-27)43-15-14-42-28/h1-13,16-18H,14-15,19-20H2,(H,35,39)(H,36,38)/b34-18-. The Bertz CT molecular complexity index is 1820. The molecule has 0 aliphatic carbocycles. The van der Waals surface area contributed by atoms with Gasteiger partial charge in [0, 0.05) is 16.8 Å². The summed E-state index contributed by atoms with van der Waals surface area (Å²) in [6.45, 7) is -0.278. The number of fused-ring (bicyclic) bond motifs is 1. The molecule has 4 aromatic carbocycles. The van der Waals surface area contributed by atoms with Gasteiger partial charge in [-0.2, -0.15) is 5.10 Å². The van der Waals surface area contributed by atoms with Crippen molar-refractivity contribution in [3.63, 3.8) is 0 Å². The minimum Gasteiger partial charge on any atom is -0.486 e. The maximum atomic E-state index is 13.6. The van der Waals surface area contributed by atoms with Crippen molar-refractivity contribution in [3.05, 3.63) is 107 Å².